The Morgan fingerprint density at radius 3 is 2.10 bits per heavy atom. The minimum Gasteiger partial charge on any atom is -0.309 e. The zero-order valence-electron chi connectivity index (χ0n) is 12.2. The van der Waals surface area contributed by atoms with Crippen molar-refractivity contribution in [2.75, 3.05) is 7.05 Å². The van der Waals surface area contributed by atoms with E-state index in [1.54, 1.807) is 0 Å². The molecular formula is C17H19Br2N. The van der Waals surface area contributed by atoms with Gasteiger partial charge in [0.25, 0.3) is 0 Å². The predicted molar refractivity (Wildman–Crippen MR) is 93.4 cm³/mol. The summed E-state index contributed by atoms with van der Waals surface area (Å²) in [7, 11) is 2.01. The fourth-order valence-corrected chi connectivity index (χ4v) is 3.26. The van der Waals surface area contributed by atoms with Gasteiger partial charge in [-0.3, -0.25) is 0 Å². The van der Waals surface area contributed by atoms with E-state index in [2.05, 4.69) is 88.3 Å². The SMILES string of the molecule is CNC(c1ccc(C)c(Br)c1)c1cc(C)c(Br)cc1C. The van der Waals surface area contributed by atoms with Crippen LogP contribution in [0.3, 0.4) is 0 Å². The van der Waals surface area contributed by atoms with Gasteiger partial charge in [-0.25, -0.2) is 0 Å². The summed E-state index contributed by atoms with van der Waals surface area (Å²) in [5.74, 6) is 0. The van der Waals surface area contributed by atoms with E-state index in [4.69, 9.17) is 0 Å². The Kier molecular flexibility index (Phi) is 5.05. The third kappa shape index (κ3) is 3.16. The second-order valence-corrected chi connectivity index (χ2v) is 6.90. The third-order valence-corrected chi connectivity index (χ3v) is 5.38. The van der Waals surface area contributed by atoms with E-state index >= 15 is 0 Å². The molecule has 0 saturated heterocycles. The van der Waals surface area contributed by atoms with Crippen molar-refractivity contribution in [3.63, 3.8) is 0 Å². The second kappa shape index (κ2) is 6.42. The minimum absolute atomic E-state index is 0.207. The third-order valence-electron chi connectivity index (χ3n) is 3.68. The fraction of sp³-hybridized carbons (Fsp3) is 0.294. The molecular weight excluding hydrogens is 378 g/mol. The number of benzene rings is 2. The molecule has 1 atom stereocenters. The van der Waals surface area contributed by atoms with Crippen molar-refractivity contribution < 1.29 is 0 Å². The van der Waals surface area contributed by atoms with E-state index in [1.807, 2.05) is 7.05 Å². The van der Waals surface area contributed by atoms with Crippen molar-refractivity contribution in [3.05, 3.63) is 67.1 Å². The van der Waals surface area contributed by atoms with E-state index in [9.17, 15) is 0 Å². The molecule has 0 spiro atoms. The van der Waals surface area contributed by atoms with E-state index in [-0.39, 0.29) is 6.04 Å². The number of hydrogen-bond donors (Lipinski definition) is 1. The molecule has 0 heterocycles. The number of halogens is 2. The summed E-state index contributed by atoms with van der Waals surface area (Å²) in [5.41, 5.74) is 6.40. The summed E-state index contributed by atoms with van der Waals surface area (Å²) in [5, 5.41) is 3.43. The molecule has 2 aromatic rings. The molecule has 2 aromatic carbocycles. The van der Waals surface area contributed by atoms with Crippen molar-refractivity contribution in [2.45, 2.75) is 26.8 Å². The lowest BCUT2D eigenvalue weighted by Gasteiger charge is -2.21. The van der Waals surface area contributed by atoms with Crippen molar-refractivity contribution in [3.8, 4) is 0 Å². The first-order valence-corrected chi connectivity index (χ1v) is 8.22. The molecule has 1 unspecified atom stereocenters. The molecule has 0 aromatic heterocycles. The van der Waals surface area contributed by atoms with Crippen LogP contribution in [0.5, 0.6) is 0 Å². The average Bonchev–Trinajstić information content (AvgIpc) is 2.40. The second-order valence-electron chi connectivity index (χ2n) is 5.19. The van der Waals surface area contributed by atoms with Crippen molar-refractivity contribution in [1.82, 2.24) is 5.32 Å². The van der Waals surface area contributed by atoms with Gasteiger partial charge in [-0.15, -0.1) is 0 Å². The van der Waals surface area contributed by atoms with Crippen LogP contribution in [-0.4, -0.2) is 7.05 Å². The molecule has 0 saturated carbocycles. The molecule has 1 N–H and O–H groups in total. The van der Waals surface area contributed by atoms with Gasteiger partial charge in [0.2, 0.25) is 0 Å². The van der Waals surface area contributed by atoms with Gasteiger partial charge in [-0.05, 0) is 67.8 Å². The van der Waals surface area contributed by atoms with Gasteiger partial charge in [0.1, 0.15) is 0 Å². The molecule has 20 heavy (non-hydrogen) atoms. The van der Waals surface area contributed by atoms with Gasteiger partial charge in [0.05, 0.1) is 6.04 Å². The van der Waals surface area contributed by atoms with Crippen LogP contribution in [-0.2, 0) is 0 Å². The number of aryl methyl sites for hydroxylation is 3. The van der Waals surface area contributed by atoms with Crippen LogP contribution >= 0.6 is 31.9 Å². The van der Waals surface area contributed by atoms with Crippen LogP contribution in [0.1, 0.15) is 33.9 Å². The highest BCUT2D eigenvalue weighted by Gasteiger charge is 2.16. The Morgan fingerprint density at radius 2 is 1.50 bits per heavy atom. The van der Waals surface area contributed by atoms with E-state index in [1.165, 1.54) is 32.3 Å². The van der Waals surface area contributed by atoms with Crippen molar-refractivity contribution >= 4 is 31.9 Å². The van der Waals surface area contributed by atoms with Crippen molar-refractivity contribution in [1.29, 1.82) is 0 Å². The van der Waals surface area contributed by atoms with Crippen LogP contribution in [0.25, 0.3) is 0 Å². The summed E-state index contributed by atoms with van der Waals surface area (Å²) >= 11 is 7.23. The zero-order chi connectivity index (χ0) is 14.9. The lowest BCUT2D eigenvalue weighted by Crippen LogP contribution is -2.19. The van der Waals surface area contributed by atoms with Crippen LogP contribution in [0.2, 0.25) is 0 Å². The van der Waals surface area contributed by atoms with Gasteiger partial charge >= 0.3 is 0 Å². The molecule has 0 aliphatic carbocycles. The van der Waals surface area contributed by atoms with Gasteiger partial charge in [-0.2, -0.15) is 0 Å². The maximum atomic E-state index is 3.63. The van der Waals surface area contributed by atoms with Crippen LogP contribution in [0.15, 0.2) is 39.3 Å². The molecule has 106 valence electrons. The summed E-state index contributed by atoms with van der Waals surface area (Å²) < 4.78 is 2.32. The first-order valence-electron chi connectivity index (χ1n) is 6.64. The standard InChI is InChI=1S/C17H19Br2N/c1-10-5-6-13(9-16(10)19)17(20-4)14-7-12(3)15(18)8-11(14)2/h5-9,17,20H,1-4H3. The lowest BCUT2D eigenvalue weighted by molar-refractivity contribution is 0.686. The first kappa shape index (κ1) is 15.7. The van der Waals surface area contributed by atoms with Crippen molar-refractivity contribution in [2.24, 2.45) is 0 Å². The van der Waals surface area contributed by atoms with Crippen LogP contribution < -0.4 is 5.32 Å². The largest absolute Gasteiger partial charge is 0.309 e. The molecule has 0 aliphatic heterocycles. The highest BCUT2D eigenvalue weighted by molar-refractivity contribution is 9.10. The topological polar surface area (TPSA) is 12.0 Å². The highest BCUT2D eigenvalue weighted by atomic mass is 79.9. The fourth-order valence-electron chi connectivity index (χ4n) is 2.40. The molecule has 2 rings (SSSR count). The zero-order valence-corrected chi connectivity index (χ0v) is 15.4. The molecule has 3 heteroatoms. The quantitative estimate of drug-likeness (QED) is 0.727. The summed E-state index contributed by atoms with van der Waals surface area (Å²) in [6.45, 7) is 6.40. The minimum atomic E-state index is 0.207. The molecule has 0 fully saturated rings. The smallest absolute Gasteiger partial charge is 0.0577 e. The summed E-state index contributed by atoms with van der Waals surface area (Å²) in [4.78, 5) is 0. The Bertz CT molecular complexity index is 635. The molecule has 1 nitrogen and oxygen atoms in total. The monoisotopic (exact) mass is 395 g/mol. The van der Waals surface area contributed by atoms with Gasteiger partial charge in [0, 0.05) is 8.95 Å². The maximum absolute atomic E-state index is 3.63. The van der Waals surface area contributed by atoms with Crippen LogP contribution in [0.4, 0.5) is 0 Å². The van der Waals surface area contributed by atoms with E-state index < -0.39 is 0 Å². The number of nitrogens with one attached hydrogen (secondary N) is 1. The lowest BCUT2D eigenvalue weighted by atomic mass is 9.93. The Labute approximate surface area is 138 Å². The number of rotatable bonds is 3. The normalized spacial score (nSPS) is 12.5. The Balaban J connectivity index is 2.52. The molecule has 0 radical (unpaired) electrons. The summed E-state index contributed by atoms with van der Waals surface area (Å²) in [6.07, 6.45) is 0. The number of hydrogen-bond acceptors (Lipinski definition) is 1. The first-order chi connectivity index (χ1) is 9.43. The predicted octanol–water partition coefficient (Wildman–Crippen LogP) is 5.45. The van der Waals surface area contributed by atoms with Gasteiger partial charge in [0.15, 0.2) is 0 Å². The Morgan fingerprint density at radius 1 is 0.850 bits per heavy atom. The van der Waals surface area contributed by atoms with Crippen LogP contribution in [0, 0.1) is 20.8 Å². The molecule has 0 aliphatic rings. The highest BCUT2D eigenvalue weighted by Crippen LogP contribution is 2.31. The Hall–Kier alpha value is -0.640. The van der Waals surface area contributed by atoms with E-state index in [0.717, 1.165) is 4.47 Å². The maximum Gasteiger partial charge on any atom is 0.0577 e. The van der Waals surface area contributed by atoms with E-state index in [0.29, 0.717) is 0 Å². The summed E-state index contributed by atoms with van der Waals surface area (Å²) in [6, 6.07) is 11.2. The molecule has 0 amide bonds. The van der Waals surface area contributed by atoms with Gasteiger partial charge < -0.3 is 5.32 Å². The average molecular weight is 397 g/mol. The molecule has 0 bridgehead atoms. The van der Waals surface area contributed by atoms with Gasteiger partial charge in [-0.1, -0.05) is 50.1 Å².